The standard InChI is InChI=1S/C12H21N3/c1-10(12-13-8-9-14-12)15-11-6-4-2-3-5-7-11/h8-11,15H,2-7H2,1H3,(H,13,14). The molecule has 3 nitrogen and oxygen atoms in total. The highest BCUT2D eigenvalue weighted by Gasteiger charge is 2.16. The zero-order chi connectivity index (χ0) is 10.5. The van der Waals surface area contributed by atoms with Crippen molar-refractivity contribution in [1.82, 2.24) is 15.3 Å². The molecule has 1 saturated carbocycles. The first-order chi connectivity index (χ1) is 7.36. The summed E-state index contributed by atoms with van der Waals surface area (Å²) >= 11 is 0. The van der Waals surface area contributed by atoms with Crippen LogP contribution in [0, 0.1) is 0 Å². The number of nitrogens with one attached hydrogen (secondary N) is 2. The van der Waals surface area contributed by atoms with Crippen molar-refractivity contribution < 1.29 is 0 Å². The highest BCUT2D eigenvalue weighted by Crippen LogP contribution is 2.19. The molecule has 84 valence electrons. The molecule has 0 radical (unpaired) electrons. The lowest BCUT2D eigenvalue weighted by Crippen LogP contribution is -2.31. The third-order valence-electron chi connectivity index (χ3n) is 3.27. The third kappa shape index (κ3) is 3.06. The Balaban J connectivity index is 1.84. The Morgan fingerprint density at radius 3 is 2.67 bits per heavy atom. The Kier molecular flexibility index (Phi) is 3.78. The van der Waals surface area contributed by atoms with E-state index in [1.165, 1.54) is 38.5 Å². The van der Waals surface area contributed by atoms with Crippen molar-refractivity contribution in [2.45, 2.75) is 57.5 Å². The number of rotatable bonds is 3. The minimum Gasteiger partial charge on any atom is -0.347 e. The van der Waals surface area contributed by atoms with Gasteiger partial charge in [0.05, 0.1) is 6.04 Å². The van der Waals surface area contributed by atoms with Crippen LogP contribution in [-0.4, -0.2) is 16.0 Å². The van der Waals surface area contributed by atoms with Crippen molar-refractivity contribution in [3.63, 3.8) is 0 Å². The van der Waals surface area contributed by atoms with Crippen LogP contribution in [0.15, 0.2) is 12.4 Å². The fourth-order valence-electron chi connectivity index (χ4n) is 2.39. The molecular weight excluding hydrogens is 186 g/mol. The second-order valence-electron chi connectivity index (χ2n) is 4.55. The summed E-state index contributed by atoms with van der Waals surface area (Å²) in [5.41, 5.74) is 0. The first kappa shape index (κ1) is 10.7. The summed E-state index contributed by atoms with van der Waals surface area (Å²) < 4.78 is 0. The van der Waals surface area contributed by atoms with Crippen LogP contribution in [0.3, 0.4) is 0 Å². The summed E-state index contributed by atoms with van der Waals surface area (Å²) in [7, 11) is 0. The number of aromatic amines is 1. The van der Waals surface area contributed by atoms with Gasteiger partial charge in [-0.15, -0.1) is 0 Å². The summed E-state index contributed by atoms with van der Waals surface area (Å²) in [5.74, 6) is 1.05. The predicted octanol–water partition coefficient (Wildman–Crippen LogP) is 2.78. The van der Waals surface area contributed by atoms with Crippen molar-refractivity contribution in [3.8, 4) is 0 Å². The van der Waals surface area contributed by atoms with Crippen LogP contribution in [0.1, 0.15) is 57.3 Å². The molecule has 0 aromatic carbocycles. The molecule has 2 N–H and O–H groups in total. The molecule has 1 heterocycles. The fraction of sp³-hybridized carbons (Fsp3) is 0.750. The highest BCUT2D eigenvalue weighted by atomic mass is 15.0. The van der Waals surface area contributed by atoms with Gasteiger partial charge in [-0.1, -0.05) is 25.7 Å². The average Bonchev–Trinajstić information content (AvgIpc) is 2.65. The molecule has 1 aromatic heterocycles. The van der Waals surface area contributed by atoms with E-state index >= 15 is 0 Å². The largest absolute Gasteiger partial charge is 0.347 e. The Hall–Kier alpha value is -0.830. The smallest absolute Gasteiger partial charge is 0.122 e. The molecule has 0 amide bonds. The van der Waals surface area contributed by atoms with E-state index in [0.717, 1.165) is 5.82 Å². The Labute approximate surface area is 91.7 Å². The van der Waals surface area contributed by atoms with Crippen LogP contribution in [0.5, 0.6) is 0 Å². The van der Waals surface area contributed by atoms with E-state index in [1.807, 2.05) is 12.4 Å². The number of H-pyrrole nitrogens is 1. The topological polar surface area (TPSA) is 40.7 Å². The molecule has 0 bridgehead atoms. The summed E-state index contributed by atoms with van der Waals surface area (Å²) in [6, 6.07) is 1.04. The van der Waals surface area contributed by atoms with E-state index < -0.39 is 0 Å². The molecule has 0 saturated heterocycles. The van der Waals surface area contributed by atoms with Crippen LogP contribution in [0.4, 0.5) is 0 Å². The van der Waals surface area contributed by atoms with Gasteiger partial charge >= 0.3 is 0 Å². The molecule has 15 heavy (non-hydrogen) atoms. The molecule has 3 heteroatoms. The lowest BCUT2D eigenvalue weighted by Gasteiger charge is -2.20. The zero-order valence-corrected chi connectivity index (χ0v) is 9.50. The zero-order valence-electron chi connectivity index (χ0n) is 9.50. The number of aromatic nitrogens is 2. The van der Waals surface area contributed by atoms with Gasteiger partial charge in [0.2, 0.25) is 0 Å². The number of imidazole rings is 1. The van der Waals surface area contributed by atoms with Crippen molar-refractivity contribution in [2.75, 3.05) is 0 Å². The lowest BCUT2D eigenvalue weighted by atomic mass is 10.1. The Morgan fingerprint density at radius 1 is 1.33 bits per heavy atom. The number of hydrogen-bond donors (Lipinski definition) is 2. The molecular formula is C12H21N3. The molecule has 1 aliphatic rings. The quantitative estimate of drug-likeness (QED) is 0.748. The molecule has 1 aliphatic carbocycles. The van der Waals surface area contributed by atoms with Crippen LogP contribution in [0.25, 0.3) is 0 Å². The average molecular weight is 207 g/mol. The van der Waals surface area contributed by atoms with Gasteiger partial charge in [-0.2, -0.15) is 0 Å². The molecule has 0 spiro atoms. The first-order valence-corrected chi connectivity index (χ1v) is 6.11. The molecule has 1 unspecified atom stereocenters. The third-order valence-corrected chi connectivity index (χ3v) is 3.27. The SMILES string of the molecule is CC(NC1CCCCCC1)c1ncc[nH]1. The monoisotopic (exact) mass is 207 g/mol. The predicted molar refractivity (Wildman–Crippen MR) is 61.6 cm³/mol. The van der Waals surface area contributed by atoms with Crippen LogP contribution >= 0.6 is 0 Å². The summed E-state index contributed by atoms with van der Waals surface area (Å²) in [6.07, 6.45) is 11.9. The van der Waals surface area contributed by atoms with E-state index in [2.05, 4.69) is 22.2 Å². The lowest BCUT2D eigenvalue weighted by molar-refractivity contribution is 0.406. The minimum absolute atomic E-state index is 0.350. The summed E-state index contributed by atoms with van der Waals surface area (Å²) in [5, 5.41) is 3.67. The Bertz CT molecular complexity index is 260. The molecule has 1 fully saturated rings. The molecule has 1 atom stereocenters. The van der Waals surface area contributed by atoms with E-state index in [9.17, 15) is 0 Å². The van der Waals surface area contributed by atoms with Crippen molar-refractivity contribution in [3.05, 3.63) is 18.2 Å². The van der Waals surface area contributed by atoms with Crippen molar-refractivity contribution in [1.29, 1.82) is 0 Å². The maximum absolute atomic E-state index is 4.29. The van der Waals surface area contributed by atoms with E-state index in [1.54, 1.807) is 0 Å². The van der Waals surface area contributed by atoms with Crippen molar-refractivity contribution in [2.24, 2.45) is 0 Å². The maximum atomic E-state index is 4.29. The van der Waals surface area contributed by atoms with Gasteiger partial charge in [-0.05, 0) is 19.8 Å². The second-order valence-corrected chi connectivity index (χ2v) is 4.55. The highest BCUT2D eigenvalue weighted by molar-refractivity contribution is 4.94. The minimum atomic E-state index is 0.350. The Morgan fingerprint density at radius 2 is 2.07 bits per heavy atom. The van der Waals surface area contributed by atoms with Crippen LogP contribution < -0.4 is 5.32 Å². The first-order valence-electron chi connectivity index (χ1n) is 6.11. The van der Waals surface area contributed by atoms with Crippen molar-refractivity contribution >= 4 is 0 Å². The van der Waals surface area contributed by atoms with Gasteiger partial charge in [0.1, 0.15) is 5.82 Å². The normalized spacial score (nSPS) is 21.1. The van der Waals surface area contributed by atoms with Gasteiger partial charge in [0.15, 0.2) is 0 Å². The van der Waals surface area contributed by atoms with Gasteiger partial charge in [0.25, 0.3) is 0 Å². The molecule has 2 rings (SSSR count). The van der Waals surface area contributed by atoms with Gasteiger partial charge < -0.3 is 10.3 Å². The summed E-state index contributed by atoms with van der Waals surface area (Å²) in [6.45, 7) is 2.18. The fourth-order valence-corrected chi connectivity index (χ4v) is 2.39. The van der Waals surface area contributed by atoms with E-state index in [0.29, 0.717) is 12.1 Å². The number of hydrogen-bond acceptors (Lipinski definition) is 2. The van der Waals surface area contributed by atoms with E-state index in [-0.39, 0.29) is 0 Å². The van der Waals surface area contributed by atoms with E-state index in [4.69, 9.17) is 0 Å². The molecule has 0 aliphatic heterocycles. The second kappa shape index (κ2) is 5.31. The van der Waals surface area contributed by atoms with Gasteiger partial charge in [-0.25, -0.2) is 4.98 Å². The van der Waals surface area contributed by atoms with Gasteiger partial charge in [0, 0.05) is 18.4 Å². The van der Waals surface area contributed by atoms with Gasteiger partial charge in [-0.3, -0.25) is 0 Å². The summed E-state index contributed by atoms with van der Waals surface area (Å²) in [4.78, 5) is 7.46. The molecule has 1 aromatic rings. The maximum Gasteiger partial charge on any atom is 0.122 e. The number of nitrogens with zero attached hydrogens (tertiary/aromatic N) is 1. The van der Waals surface area contributed by atoms with Crippen LogP contribution in [-0.2, 0) is 0 Å². The van der Waals surface area contributed by atoms with Crippen LogP contribution in [0.2, 0.25) is 0 Å².